The normalized spacial score (nSPS) is 11.4. The number of carbonyl (C=O) groups is 2. The van der Waals surface area contributed by atoms with Gasteiger partial charge in [0, 0.05) is 21.5 Å². The van der Waals surface area contributed by atoms with Gasteiger partial charge in [0.15, 0.2) is 5.78 Å². The number of hydrogen-bond donors (Lipinski definition) is 2. The first kappa shape index (κ1) is 26.2. The minimum Gasteiger partial charge on any atom is -0.456 e. The summed E-state index contributed by atoms with van der Waals surface area (Å²) in [7, 11) is -3.98. The van der Waals surface area contributed by atoms with Crippen molar-refractivity contribution in [1.29, 1.82) is 0 Å². The molecular weight excluding hydrogens is 567 g/mol. The third-order valence-corrected chi connectivity index (χ3v) is 7.10. The molecule has 0 saturated heterocycles. The molecule has 0 aliphatic heterocycles. The summed E-state index contributed by atoms with van der Waals surface area (Å²) in [6.07, 6.45) is 0. The Bertz CT molecular complexity index is 1390. The van der Waals surface area contributed by atoms with E-state index in [1.165, 1.54) is 36.4 Å². The number of nitrogens with one attached hydrogen (secondary N) is 1. The highest BCUT2D eigenvalue weighted by atomic mass is 79.9. The van der Waals surface area contributed by atoms with Crippen LogP contribution in [0, 0.1) is 5.92 Å². The van der Waals surface area contributed by atoms with Gasteiger partial charge in [-0.05, 0) is 58.4 Å². The number of rotatable bonds is 7. The molecule has 0 atom stereocenters. The number of amides is 1. The maximum absolute atomic E-state index is 12.9. The predicted octanol–water partition coefficient (Wildman–Crippen LogP) is 6.02. The molecule has 0 unspecified atom stereocenters. The Morgan fingerprint density at radius 3 is 2.35 bits per heavy atom. The molecule has 1 amide bonds. The summed E-state index contributed by atoms with van der Waals surface area (Å²) in [4.78, 5) is 24.7. The Hall–Kier alpha value is -2.43. The third-order valence-electron chi connectivity index (χ3n) is 4.67. The lowest BCUT2D eigenvalue weighted by Crippen LogP contribution is -2.17. The summed E-state index contributed by atoms with van der Waals surface area (Å²) in [5.74, 6) is -0.220. The van der Waals surface area contributed by atoms with Crippen LogP contribution in [0.2, 0.25) is 10.0 Å². The van der Waals surface area contributed by atoms with Gasteiger partial charge in [-0.15, -0.1) is 0 Å². The minimum atomic E-state index is -3.98. The van der Waals surface area contributed by atoms with Gasteiger partial charge in [-0.2, -0.15) is 0 Å². The highest BCUT2D eigenvalue weighted by Gasteiger charge is 2.20. The SMILES string of the molecule is CC(C)C(=O)Nc1ccc(Oc2ccc(C(=O)c3cccc(S(N)(=O)=O)c3)c(Cl)c2Cl)cc1Br. The highest BCUT2D eigenvalue weighted by Crippen LogP contribution is 2.39. The van der Waals surface area contributed by atoms with E-state index in [1.54, 1.807) is 32.0 Å². The zero-order valence-corrected chi connectivity index (χ0v) is 21.8. The largest absolute Gasteiger partial charge is 0.456 e. The van der Waals surface area contributed by atoms with Crippen molar-refractivity contribution in [2.24, 2.45) is 11.1 Å². The molecule has 0 aromatic heterocycles. The second-order valence-corrected chi connectivity index (χ2v) is 10.7. The second kappa shape index (κ2) is 10.5. The molecule has 0 fully saturated rings. The lowest BCUT2D eigenvalue weighted by molar-refractivity contribution is -0.118. The van der Waals surface area contributed by atoms with Crippen molar-refractivity contribution in [3.8, 4) is 11.5 Å². The van der Waals surface area contributed by atoms with Crippen molar-refractivity contribution in [2.45, 2.75) is 18.7 Å². The van der Waals surface area contributed by atoms with Gasteiger partial charge in [0.2, 0.25) is 15.9 Å². The van der Waals surface area contributed by atoms with Crippen molar-refractivity contribution in [3.63, 3.8) is 0 Å². The number of halogens is 3. The van der Waals surface area contributed by atoms with E-state index < -0.39 is 15.8 Å². The average molecular weight is 586 g/mol. The van der Waals surface area contributed by atoms with E-state index in [1.807, 2.05) is 0 Å². The lowest BCUT2D eigenvalue weighted by atomic mass is 10.0. The molecule has 0 heterocycles. The number of anilines is 1. The minimum absolute atomic E-state index is 0.00317. The zero-order valence-electron chi connectivity index (χ0n) is 17.9. The van der Waals surface area contributed by atoms with Crippen LogP contribution in [-0.2, 0) is 14.8 Å². The Labute approximate surface area is 215 Å². The van der Waals surface area contributed by atoms with Crippen LogP contribution >= 0.6 is 39.1 Å². The number of ether oxygens (including phenoxy) is 1. The molecular formula is C23H19BrCl2N2O5S. The van der Waals surface area contributed by atoms with Crippen molar-refractivity contribution >= 4 is 66.5 Å². The molecule has 7 nitrogen and oxygen atoms in total. The topological polar surface area (TPSA) is 116 Å². The monoisotopic (exact) mass is 584 g/mol. The number of nitrogens with two attached hydrogens (primary N) is 1. The zero-order chi connectivity index (χ0) is 25.2. The van der Waals surface area contributed by atoms with Gasteiger partial charge < -0.3 is 10.1 Å². The molecule has 0 saturated carbocycles. The first-order valence-electron chi connectivity index (χ1n) is 9.82. The van der Waals surface area contributed by atoms with E-state index in [4.69, 9.17) is 33.1 Å². The number of carbonyl (C=O) groups excluding carboxylic acids is 2. The standard InChI is InChI=1S/C23H19BrCl2N2O5S/c1-12(2)23(30)28-18-8-6-14(11-17(18)24)33-19-9-7-16(20(25)21(19)26)22(29)13-4-3-5-15(10-13)34(27,31)32/h3-12H,1-2H3,(H,28,30)(H2,27,31,32). The predicted molar refractivity (Wildman–Crippen MR) is 135 cm³/mol. The molecule has 0 bridgehead atoms. The quantitative estimate of drug-likeness (QED) is 0.329. The van der Waals surface area contributed by atoms with Gasteiger partial charge in [-0.3, -0.25) is 9.59 Å². The smallest absolute Gasteiger partial charge is 0.238 e. The summed E-state index contributed by atoms with van der Waals surface area (Å²) in [5.41, 5.74) is 0.734. The van der Waals surface area contributed by atoms with Gasteiger partial charge in [-0.1, -0.05) is 49.2 Å². The van der Waals surface area contributed by atoms with Crippen molar-refractivity contribution < 1.29 is 22.7 Å². The van der Waals surface area contributed by atoms with Gasteiger partial charge in [0.25, 0.3) is 0 Å². The number of hydrogen-bond acceptors (Lipinski definition) is 5. The molecule has 3 aromatic rings. The Kier molecular flexibility index (Phi) is 8.05. The van der Waals surface area contributed by atoms with E-state index in [0.717, 1.165) is 0 Å². The summed E-state index contributed by atoms with van der Waals surface area (Å²) < 4.78 is 29.6. The van der Waals surface area contributed by atoms with E-state index >= 15 is 0 Å². The van der Waals surface area contributed by atoms with Crippen LogP contribution in [0.1, 0.15) is 29.8 Å². The van der Waals surface area contributed by atoms with Crippen LogP contribution in [-0.4, -0.2) is 20.1 Å². The molecule has 0 spiro atoms. The maximum atomic E-state index is 12.9. The Balaban J connectivity index is 1.86. The second-order valence-electron chi connectivity index (χ2n) is 7.53. The molecule has 3 aromatic carbocycles. The molecule has 3 rings (SSSR count). The van der Waals surface area contributed by atoms with Gasteiger partial charge >= 0.3 is 0 Å². The fourth-order valence-electron chi connectivity index (χ4n) is 2.82. The Morgan fingerprint density at radius 2 is 1.74 bits per heavy atom. The van der Waals surface area contributed by atoms with Crippen molar-refractivity contribution in [2.75, 3.05) is 5.32 Å². The summed E-state index contributed by atoms with van der Waals surface area (Å²) in [5, 5.41) is 7.89. The molecule has 11 heteroatoms. The van der Waals surface area contributed by atoms with Gasteiger partial charge in [-0.25, -0.2) is 13.6 Å². The first-order valence-corrected chi connectivity index (χ1v) is 12.9. The number of benzene rings is 3. The van der Waals surface area contributed by atoms with Crippen LogP contribution in [0.4, 0.5) is 5.69 Å². The number of ketones is 1. The molecule has 0 radical (unpaired) electrons. The van der Waals surface area contributed by atoms with Crippen LogP contribution in [0.15, 0.2) is 64.0 Å². The van der Waals surface area contributed by atoms with Crippen LogP contribution in [0.5, 0.6) is 11.5 Å². The molecule has 34 heavy (non-hydrogen) atoms. The maximum Gasteiger partial charge on any atom is 0.238 e. The highest BCUT2D eigenvalue weighted by molar-refractivity contribution is 9.10. The third kappa shape index (κ3) is 5.97. The van der Waals surface area contributed by atoms with E-state index in [9.17, 15) is 18.0 Å². The average Bonchev–Trinajstić information content (AvgIpc) is 2.78. The molecule has 0 aliphatic rings. The van der Waals surface area contributed by atoms with E-state index in [0.29, 0.717) is 15.9 Å². The number of sulfonamides is 1. The molecule has 0 aliphatic carbocycles. The van der Waals surface area contributed by atoms with E-state index in [2.05, 4.69) is 21.2 Å². The molecule has 178 valence electrons. The van der Waals surface area contributed by atoms with Crippen LogP contribution in [0.25, 0.3) is 0 Å². The summed E-state index contributed by atoms with van der Waals surface area (Å²) in [6, 6.07) is 13.2. The van der Waals surface area contributed by atoms with Gasteiger partial charge in [0.05, 0.1) is 15.6 Å². The first-order chi connectivity index (χ1) is 15.9. The van der Waals surface area contributed by atoms with E-state index in [-0.39, 0.29) is 43.6 Å². The molecule has 3 N–H and O–H groups in total. The fraction of sp³-hybridized carbons (Fsp3) is 0.130. The van der Waals surface area contributed by atoms with Gasteiger partial charge in [0.1, 0.15) is 16.5 Å². The van der Waals surface area contributed by atoms with Crippen molar-refractivity contribution in [1.82, 2.24) is 0 Å². The summed E-state index contributed by atoms with van der Waals surface area (Å²) in [6.45, 7) is 3.58. The van der Waals surface area contributed by atoms with Crippen LogP contribution < -0.4 is 15.2 Å². The fourth-order valence-corrected chi connectivity index (χ4v) is 4.28. The number of primary sulfonamides is 1. The summed E-state index contributed by atoms with van der Waals surface area (Å²) >= 11 is 16.1. The van der Waals surface area contributed by atoms with Crippen LogP contribution in [0.3, 0.4) is 0 Å². The van der Waals surface area contributed by atoms with Crippen molar-refractivity contribution in [3.05, 3.63) is 80.2 Å². The Morgan fingerprint density at radius 1 is 1.03 bits per heavy atom. The lowest BCUT2D eigenvalue weighted by Gasteiger charge is -2.14.